The molecule has 2 aliphatic heterocycles. The highest BCUT2D eigenvalue weighted by atomic mass is 16.6. The summed E-state index contributed by atoms with van der Waals surface area (Å²) in [5.41, 5.74) is 5.85. The standard InChI is InChI=1S/C26H26N2O5/c1-17(29)11-18-3-2-4-19(12-18)20-5-6-23-21(13-20)7-8-28-24(23)14-25(27-26(28)30)33-16-22-15-31-9-10-32-22/h2-6,12-14,22H,7-11,15-16H2,1H3. The van der Waals surface area contributed by atoms with Crippen LogP contribution in [0.2, 0.25) is 0 Å². The van der Waals surface area contributed by atoms with Crippen LogP contribution in [0.4, 0.5) is 0 Å². The minimum absolute atomic E-state index is 0.147. The van der Waals surface area contributed by atoms with Crippen molar-refractivity contribution >= 4 is 5.78 Å². The molecule has 0 radical (unpaired) electrons. The van der Waals surface area contributed by atoms with Gasteiger partial charge >= 0.3 is 5.69 Å². The number of Topliss-reactive ketones (excluding diaryl/α,β-unsaturated/α-hetero) is 1. The zero-order chi connectivity index (χ0) is 22.8. The van der Waals surface area contributed by atoms with Gasteiger partial charge in [-0.15, -0.1) is 0 Å². The van der Waals surface area contributed by atoms with Crippen LogP contribution in [0.1, 0.15) is 18.1 Å². The molecule has 2 aromatic carbocycles. The summed E-state index contributed by atoms with van der Waals surface area (Å²) < 4.78 is 18.5. The van der Waals surface area contributed by atoms with E-state index in [0.717, 1.165) is 34.4 Å². The van der Waals surface area contributed by atoms with Crippen molar-refractivity contribution in [2.75, 3.05) is 26.4 Å². The second kappa shape index (κ2) is 9.29. The molecule has 33 heavy (non-hydrogen) atoms. The van der Waals surface area contributed by atoms with Gasteiger partial charge in [0.1, 0.15) is 18.5 Å². The number of aromatic nitrogens is 2. The fourth-order valence-electron chi connectivity index (χ4n) is 4.42. The van der Waals surface area contributed by atoms with Gasteiger partial charge in [0.15, 0.2) is 0 Å². The highest BCUT2D eigenvalue weighted by Gasteiger charge is 2.21. The Bertz CT molecular complexity index is 1240. The lowest BCUT2D eigenvalue weighted by molar-refractivity contribution is -0.116. The molecule has 5 rings (SSSR count). The number of rotatable bonds is 6. The molecule has 1 fully saturated rings. The number of fused-ring (bicyclic) bond motifs is 3. The average molecular weight is 447 g/mol. The molecule has 0 aliphatic carbocycles. The van der Waals surface area contributed by atoms with Crippen LogP contribution in [0.25, 0.3) is 22.4 Å². The van der Waals surface area contributed by atoms with E-state index >= 15 is 0 Å². The second-order valence-electron chi connectivity index (χ2n) is 8.49. The first-order chi connectivity index (χ1) is 16.1. The zero-order valence-electron chi connectivity index (χ0n) is 18.6. The molecule has 0 spiro atoms. The Hall–Kier alpha value is -3.29. The highest BCUT2D eigenvalue weighted by Crippen LogP contribution is 2.33. The van der Waals surface area contributed by atoms with Gasteiger partial charge in [-0.1, -0.05) is 42.5 Å². The van der Waals surface area contributed by atoms with Gasteiger partial charge in [-0.05, 0) is 35.6 Å². The maximum atomic E-state index is 12.6. The summed E-state index contributed by atoms with van der Waals surface area (Å²) in [7, 11) is 0. The predicted octanol–water partition coefficient (Wildman–Crippen LogP) is 3.06. The molecule has 1 atom stereocenters. The highest BCUT2D eigenvalue weighted by molar-refractivity contribution is 5.79. The summed E-state index contributed by atoms with van der Waals surface area (Å²) in [5, 5.41) is 0. The van der Waals surface area contributed by atoms with Crippen molar-refractivity contribution in [3.63, 3.8) is 0 Å². The topological polar surface area (TPSA) is 79.7 Å². The van der Waals surface area contributed by atoms with Crippen molar-refractivity contribution in [3.8, 4) is 28.3 Å². The largest absolute Gasteiger partial charge is 0.475 e. The Morgan fingerprint density at radius 3 is 2.85 bits per heavy atom. The Balaban J connectivity index is 1.42. The molecule has 7 nitrogen and oxygen atoms in total. The summed E-state index contributed by atoms with van der Waals surface area (Å²) in [6, 6.07) is 16.2. The SMILES string of the molecule is CC(=O)Cc1cccc(-c2ccc3c(c2)CCn2c-3cc(OCC3COCCO3)nc2=O)c1. The lowest BCUT2D eigenvalue weighted by Gasteiger charge is -2.24. The summed E-state index contributed by atoms with van der Waals surface area (Å²) in [4.78, 5) is 28.3. The van der Waals surface area contributed by atoms with Crippen molar-refractivity contribution in [1.82, 2.24) is 9.55 Å². The number of carbonyl (C=O) groups excluding carboxylic acids is 1. The lowest BCUT2D eigenvalue weighted by atomic mass is 9.92. The van der Waals surface area contributed by atoms with E-state index < -0.39 is 0 Å². The summed E-state index contributed by atoms with van der Waals surface area (Å²) in [6.07, 6.45) is 1.02. The van der Waals surface area contributed by atoms with Crippen LogP contribution >= 0.6 is 0 Å². The third-order valence-electron chi connectivity index (χ3n) is 5.99. The van der Waals surface area contributed by atoms with E-state index in [1.165, 1.54) is 5.56 Å². The molecule has 1 unspecified atom stereocenters. The fraction of sp³-hybridized carbons (Fsp3) is 0.346. The number of carbonyl (C=O) groups is 1. The lowest BCUT2D eigenvalue weighted by Crippen LogP contribution is -2.34. The normalized spacial score (nSPS) is 17.2. The van der Waals surface area contributed by atoms with E-state index in [4.69, 9.17) is 14.2 Å². The van der Waals surface area contributed by atoms with E-state index in [9.17, 15) is 9.59 Å². The van der Waals surface area contributed by atoms with Gasteiger partial charge in [0.2, 0.25) is 5.88 Å². The molecule has 0 amide bonds. The molecule has 170 valence electrons. The van der Waals surface area contributed by atoms with E-state index in [2.05, 4.69) is 35.3 Å². The monoisotopic (exact) mass is 446 g/mol. The predicted molar refractivity (Wildman–Crippen MR) is 124 cm³/mol. The van der Waals surface area contributed by atoms with E-state index in [1.807, 2.05) is 18.2 Å². The molecule has 7 heteroatoms. The smallest absolute Gasteiger partial charge is 0.351 e. The van der Waals surface area contributed by atoms with Crippen molar-refractivity contribution < 1.29 is 19.0 Å². The van der Waals surface area contributed by atoms with Crippen molar-refractivity contribution in [1.29, 1.82) is 0 Å². The summed E-state index contributed by atoms with van der Waals surface area (Å²) in [5.74, 6) is 0.447. The number of hydrogen-bond acceptors (Lipinski definition) is 6. The number of hydrogen-bond donors (Lipinski definition) is 0. The van der Waals surface area contributed by atoms with Crippen LogP contribution in [-0.4, -0.2) is 47.9 Å². The van der Waals surface area contributed by atoms with Gasteiger partial charge in [-0.2, -0.15) is 4.98 Å². The maximum absolute atomic E-state index is 12.6. The molecule has 2 aliphatic rings. The van der Waals surface area contributed by atoms with E-state index in [-0.39, 0.29) is 24.2 Å². The minimum atomic E-state index is -0.310. The van der Waals surface area contributed by atoms with Gasteiger partial charge in [0, 0.05) is 24.6 Å². The van der Waals surface area contributed by atoms with Crippen molar-refractivity contribution in [2.24, 2.45) is 0 Å². The number of benzene rings is 2. The number of nitrogens with zero attached hydrogens (tertiary/aromatic N) is 2. The van der Waals surface area contributed by atoms with Crippen LogP contribution in [0.3, 0.4) is 0 Å². The maximum Gasteiger partial charge on any atom is 0.351 e. The van der Waals surface area contributed by atoms with Gasteiger partial charge in [-0.3, -0.25) is 9.36 Å². The molecule has 0 bridgehead atoms. The number of ether oxygens (including phenoxy) is 3. The van der Waals surface area contributed by atoms with Gasteiger partial charge in [0.05, 0.1) is 25.5 Å². The van der Waals surface area contributed by atoms with Crippen LogP contribution in [0.15, 0.2) is 53.3 Å². The summed E-state index contributed by atoms with van der Waals surface area (Å²) in [6.45, 7) is 4.08. The Morgan fingerprint density at radius 1 is 1.15 bits per heavy atom. The van der Waals surface area contributed by atoms with Gasteiger partial charge in [-0.25, -0.2) is 4.79 Å². The van der Waals surface area contributed by atoms with Gasteiger partial charge in [0.25, 0.3) is 0 Å². The Labute approximate surface area is 191 Å². The zero-order valence-corrected chi connectivity index (χ0v) is 18.6. The van der Waals surface area contributed by atoms with Crippen LogP contribution in [0.5, 0.6) is 5.88 Å². The fourth-order valence-corrected chi connectivity index (χ4v) is 4.42. The quantitative estimate of drug-likeness (QED) is 0.579. The van der Waals surface area contributed by atoms with Gasteiger partial charge < -0.3 is 14.2 Å². The minimum Gasteiger partial charge on any atom is -0.475 e. The molecule has 3 heterocycles. The Kier molecular flexibility index (Phi) is 6.07. The third-order valence-corrected chi connectivity index (χ3v) is 5.99. The Morgan fingerprint density at radius 2 is 2.03 bits per heavy atom. The first kappa shape index (κ1) is 21.6. The molecule has 3 aromatic rings. The van der Waals surface area contributed by atoms with E-state index in [1.54, 1.807) is 11.5 Å². The molecule has 1 saturated heterocycles. The average Bonchev–Trinajstić information content (AvgIpc) is 2.82. The van der Waals surface area contributed by atoms with Crippen LogP contribution in [-0.2, 0) is 33.7 Å². The number of aryl methyl sites for hydroxylation is 1. The first-order valence-corrected chi connectivity index (χ1v) is 11.2. The molecular formula is C26H26N2O5. The molecular weight excluding hydrogens is 420 g/mol. The molecule has 1 aromatic heterocycles. The molecule has 0 saturated carbocycles. The van der Waals surface area contributed by atoms with Crippen molar-refractivity contribution in [2.45, 2.75) is 32.4 Å². The van der Waals surface area contributed by atoms with Crippen molar-refractivity contribution in [3.05, 3.63) is 70.1 Å². The number of ketones is 1. The second-order valence-corrected chi connectivity index (χ2v) is 8.49. The summed E-state index contributed by atoms with van der Waals surface area (Å²) >= 11 is 0. The van der Waals surface area contributed by atoms with E-state index in [0.29, 0.717) is 38.7 Å². The first-order valence-electron chi connectivity index (χ1n) is 11.2. The van der Waals surface area contributed by atoms with Crippen LogP contribution < -0.4 is 10.4 Å². The molecule has 0 N–H and O–H groups in total. The third kappa shape index (κ3) is 4.74. The van der Waals surface area contributed by atoms with Crippen LogP contribution in [0, 0.1) is 0 Å².